The van der Waals surface area contributed by atoms with Crippen LogP contribution in [0.5, 0.6) is 0 Å². The highest BCUT2D eigenvalue weighted by Gasteiger charge is 2.18. The van der Waals surface area contributed by atoms with Crippen LogP contribution in [-0.2, 0) is 0 Å². The van der Waals surface area contributed by atoms with Gasteiger partial charge in [-0.05, 0) is 120 Å². The van der Waals surface area contributed by atoms with Crippen molar-refractivity contribution >= 4 is 85.6 Å². The fraction of sp³-hybridized carbons (Fsp3) is 0. The number of para-hydroxylation sites is 1. The molecule has 0 spiro atoms. The number of thiophene rings is 1. The second-order valence-corrected chi connectivity index (χ2v) is 15.9. The highest BCUT2D eigenvalue weighted by molar-refractivity contribution is 7.25. The number of benzene rings is 10. The molecule has 0 bridgehead atoms. The van der Waals surface area contributed by atoms with Crippen molar-refractivity contribution in [2.75, 3.05) is 0 Å². The predicted octanol–water partition coefficient (Wildman–Crippen LogP) is 15.6. The van der Waals surface area contributed by atoms with Crippen LogP contribution >= 0.6 is 11.3 Å². The van der Waals surface area contributed by atoms with Gasteiger partial charge < -0.3 is 4.57 Å². The standard InChI is InChI=1S/C54H33NS/c1-3-13-36(14-4-1)45-30-38(31-49-42-19-8-7-17-40(42)41-18-9-10-21-44(41)54(45)49)35-25-23-34(24-26-35)37-27-28-50-46(29-37)47-32-48-43-20-11-12-22-52(43)56-53(48)33-51(47)55(50)39-15-5-2-6-16-39/h1-33H. The average molecular weight is 728 g/mol. The van der Waals surface area contributed by atoms with Crippen molar-refractivity contribution in [2.45, 2.75) is 0 Å². The molecule has 2 heteroatoms. The number of hydrogen-bond donors (Lipinski definition) is 0. The van der Waals surface area contributed by atoms with E-state index >= 15 is 0 Å². The monoisotopic (exact) mass is 727 g/mol. The summed E-state index contributed by atoms with van der Waals surface area (Å²) in [6, 6.07) is 74.0. The molecule has 0 saturated heterocycles. The molecule has 0 amide bonds. The Balaban J connectivity index is 1.04. The molecule has 12 aromatic rings. The van der Waals surface area contributed by atoms with Gasteiger partial charge in [0.2, 0.25) is 0 Å². The van der Waals surface area contributed by atoms with Gasteiger partial charge in [0.1, 0.15) is 0 Å². The zero-order chi connectivity index (χ0) is 36.7. The smallest absolute Gasteiger partial charge is 0.0555 e. The van der Waals surface area contributed by atoms with E-state index < -0.39 is 0 Å². The first-order chi connectivity index (χ1) is 27.8. The Bertz CT molecular complexity index is 3500. The minimum absolute atomic E-state index is 1.18. The first-order valence-electron chi connectivity index (χ1n) is 19.3. The van der Waals surface area contributed by atoms with Gasteiger partial charge in [-0.2, -0.15) is 0 Å². The summed E-state index contributed by atoms with van der Waals surface area (Å²) in [6.45, 7) is 0. The molecular weight excluding hydrogens is 695 g/mol. The molecule has 2 aromatic heterocycles. The molecule has 0 aliphatic rings. The minimum atomic E-state index is 1.18. The van der Waals surface area contributed by atoms with E-state index in [9.17, 15) is 0 Å². The zero-order valence-electron chi connectivity index (χ0n) is 30.4. The van der Waals surface area contributed by atoms with Crippen LogP contribution in [0.15, 0.2) is 200 Å². The Morgan fingerprint density at radius 2 is 0.839 bits per heavy atom. The van der Waals surface area contributed by atoms with E-state index in [0.717, 1.165) is 0 Å². The molecule has 0 saturated carbocycles. The van der Waals surface area contributed by atoms with Crippen LogP contribution in [0.25, 0.3) is 113 Å². The predicted molar refractivity (Wildman–Crippen MR) is 242 cm³/mol. The topological polar surface area (TPSA) is 4.93 Å². The van der Waals surface area contributed by atoms with Crippen LogP contribution in [0, 0.1) is 0 Å². The summed E-state index contributed by atoms with van der Waals surface area (Å²) in [6.07, 6.45) is 0. The number of rotatable bonds is 4. The van der Waals surface area contributed by atoms with Crippen molar-refractivity contribution in [3.05, 3.63) is 200 Å². The molecule has 12 rings (SSSR count). The maximum absolute atomic E-state index is 2.43. The van der Waals surface area contributed by atoms with E-state index in [1.54, 1.807) is 0 Å². The van der Waals surface area contributed by atoms with Gasteiger partial charge in [0.25, 0.3) is 0 Å². The lowest BCUT2D eigenvalue weighted by molar-refractivity contribution is 1.18. The van der Waals surface area contributed by atoms with Crippen molar-refractivity contribution in [3.63, 3.8) is 0 Å². The van der Waals surface area contributed by atoms with E-state index in [1.165, 1.54) is 113 Å². The van der Waals surface area contributed by atoms with Crippen LogP contribution < -0.4 is 0 Å². The largest absolute Gasteiger partial charge is 0.309 e. The van der Waals surface area contributed by atoms with Gasteiger partial charge in [0.15, 0.2) is 0 Å². The van der Waals surface area contributed by atoms with E-state index in [1.807, 2.05) is 11.3 Å². The van der Waals surface area contributed by atoms with E-state index in [-0.39, 0.29) is 0 Å². The summed E-state index contributed by atoms with van der Waals surface area (Å²) in [5, 5.41) is 12.9. The molecule has 0 N–H and O–H groups in total. The van der Waals surface area contributed by atoms with Crippen molar-refractivity contribution in [1.82, 2.24) is 4.57 Å². The first-order valence-corrected chi connectivity index (χ1v) is 20.1. The van der Waals surface area contributed by atoms with Crippen LogP contribution in [0.3, 0.4) is 0 Å². The van der Waals surface area contributed by atoms with Crippen LogP contribution in [0.4, 0.5) is 0 Å². The van der Waals surface area contributed by atoms with Crippen molar-refractivity contribution in [1.29, 1.82) is 0 Å². The van der Waals surface area contributed by atoms with Crippen molar-refractivity contribution < 1.29 is 0 Å². The fourth-order valence-corrected chi connectivity index (χ4v) is 10.3. The van der Waals surface area contributed by atoms with E-state index in [2.05, 4.69) is 205 Å². The zero-order valence-corrected chi connectivity index (χ0v) is 31.2. The molecule has 260 valence electrons. The lowest BCUT2D eigenvalue weighted by Gasteiger charge is -2.17. The highest BCUT2D eigenvalue weighted by atomic mass is 32.1. The number of aromatic nitrogens is 1. The third-order valence-corrected chi connectivity index (χ3v) is 12.9. The van der Waals surface area contributed by atoms with Crippen molar-refractivity contribution in [3.8, 4) is 39.1 Å². The first kappa shape index (κ1) is 31.4. The van der Waals surface area contributed by atoms with Crippen LogP contribution in [-0.4, -0.2) is 4.57 Å². The average Bonchev–Trinajstić information content (AvgIpc) is 3.80. The number of hydrogen-bond acceptors (Lipinski definition) is 1. The van der Waals surface area contributed by atoms with Gasteiger partial charge in [0.05, 0.1) is 11.0 Å². The Labute approximate surface area is 327 Å². The normalized spacial score (nSPS) is 11.9. The third kappa shape index (κ3) is 4.73. The van der Waals surface area contributed by atoms with E-state index in [0.29, 0.717) is 0 Å². The lowest BCUT2D eigenvalue weighted by Crippen LogP contribution is -1.93. The summed E-state index contributed by atoms with van der Waals surface area (Å²) in [7, 11) is 0. The Morgan fingerprint density at radius 1 is 0.286 bits per heavy atom. The Kier molecular flexibility index (Phi) is 6.87. The highest BCUT2D eigenvalue weighted by Crippen LogP contribution is 2.44. The fourth-order valence-electron chi connectivity index (χ4n) is 9.17. The molecule has 2 heterocycles. The summed E-state index contributed by atoms with van der Waals surface area (Å²) in [5.74, 6) is 0. The quantitative estimate of drug-likeness (QED) is 0.159. The summed E-state index contributed by atoms with van der Waals surface area (Å²) >= 11 is 1.88. The maximum atomic E-state index is 2.43. The second-order valence-electron chi connectivity index (χ2n) is 14.8. The van der Waals surface area contributed by atoms with Gasteiger partial charge in [0, 0.05) is 36.6 Å². The molecule has 0 atom stereocenters. The SMILES string of the molecule is c1ccc(-c2cc(-c3ccc(-c4ccc5c(c4)c4cc6c(cc4n5-c4ccccc4)sc4ccccc46)cc3)cc3c4ccccc4c4ccccc4c23)cc1. The molecule has 10 aromatic carbocycles. The molecule has 0 aliphatic carbocycles. The molecule has 0 unspecified atom stereocenters. The van der Waals surface area contributed by atoms with Gasteiger partial charge in [-0.3, -0.25) is 0 Å². The molecule has 0 aliphatic heterocycles. The van der Waals surface area contributed by atoms with Crippen molar-refractivity contribution in [2.24, 2.45) is 0 Å². The minimum Gasteiger partial charge on any atom is -0.309 e. The molecule has 1 nitrogen and oxygen atoms in total. The Hall–Kier alpha value is -7.00. The van der Waals surface area contributed by atoms with E-state index in [4.69, 9.17) is 0 Å². The molecule has 0 fully saturated rings. The molecule has 56 heavy (non-hydrogen) atoms. The van der Waals surface area contributed by atoms with Gasteiger partial charge in [-0.25, -0.2) is 0 Å². The van der Waals surface area contributed by atoms with Gasteiger partial charge >= 0.3 is 0 Å². The van der Waals surface area contributed by atoms with Gasteiger partial charge in [-0.15, -0.1) is 11.3 Å². The molecular formula is C54H33NS. The Morgan fingerprint density at radius 3 is 1.59 bits per heavy atom. The summed E-state index contributed by atoms with van der Waals surface area (Å²) < 4.78 is 5.08. The second kappa shape index (κ2) is 12.3. The van der Waals surface area contributed by atoms with Crippen LogP contribution in [0.2, 0.25) is 0 Å². The van der Waals surface area contributed by atoms with Gasteiger partial charge in [-0.1, -0.05) is 146 Å². The maximum Gasteiger partial charge on any atom is 0.0555 e. The molecule has 0 radical (unpaired) electrons. The number of fused-ring (bicyclic) bond motifs is 12. The lowest BCUT2D eigenvalue weighted by atomic mass is 9.87. The summed E-state index contributed by atoms with van der Waals surface area (Å²) in [5.41, 5.74) is 11.0. The summed E-state index contributed by atoms with van der Waals surface area (Å²) in [4.78, 5) is 0. The third-order valence-electron chi connectivity index (χ3n) is 11.8. The van der Waals surface area contributed by atoms with Crippen LogP contribution in [0.1, 0.15) is 0 Å². The number of nitrogens with zero attached hydrogens (tertiary/aromatic N) is 1.